The van der Waals surface area contributed by atoms with Crippen molar-refractivity contribution in [2.24, 2.45) is 26.5 Å². The topological polar surface area (TPSA) is 53.8 Å². The largest absolute Gasteiger partial charge is 0.323 e. The minimum absolute atomic E-state index is 0.0377. The second-order valence-electron chi connectivity index (χ2n) is 5.59. The van der Waals surface area contributed by atoms with Gasteiger partial charge in [0, 0.05) is 5.92 Å². The zero-order valence-corrected chi connectivity index (χ0v) is 12.7. The first-order valence-electron chi connectivity index (χ1n) is 6.54. The first-order chi connectivity index (χ1) is 9.63. The molecular formula is C13H11Cl2N3OS. The van der Waals surface area contributed by atoms with Crippen LogP contribution in [0.15, 0.2) is 14.8 Å². The second-order valence-corrected chi connectivity index (χ2v) is 6.93. The van der Waals surface area contributed by atoms with Gasteiger partial charge in [-0.1, -0.05) is 23.2 Å². The molecule has 1 N–H and O–H groups in total. The maximum atomic E-state index is 12.3. The molecule has 0 bridgehead atoms. The number of hydrogen-bond donors (Lipinski definition) is 1. The highest BCUT2D eigenvalue weighted by Crippen LogP contribution is 2.55. The summed E-state index contributed by atoms with van der Waals surface area (Å²) in [7, 11) is 0. The molecule has 1 amide bonds. The quantitative estimate of drug-likeness (QED) is 0.853. The third-order valence-corrected chi connectivity index (χ3v) is 5.42. The van der Waals surface area contributed by atoms with Crippen molar-refractivity contribution in [3.63, 3.8) is 0 Å². The molecule has 20 heavy (non-hydrogen) atoms. The van der Waals surface area contributed by atoms with Gasteiger partial charge in [-0.05, 0) is 37.2 Å². The van der Waals surface area contributed by atoms with Gasteiger partial charge in [-0.3, -0.25) is 4.79 Å². The summed E-state index contributed by atoms with van der Waals surface area (Å²) in [6, 6.07) is 1.61. The van der Waals surface area contributed by atoms with Crippen molar-refractivity contribution in [2.75, 3.05) is 5.32 Å². The van der Waals surface area contributed by atoms with Crippen molar-refractivity contribution in [1.82, 2.24) is 0 Å². The molecule has 0 aromatic heterocycles. The molecule has 2 atom stereocenters. The maximum Gasteiger partial charge on any atom is 0.227 e. The number of halogens is 2. The van der Waals surface area contributed by atoms with Gasteiger partial charge in [0.2, 0.25) is 5.91 Å². The summed E-state index contributed by atoms with van der Waals surface area (Å²) in [6.07, 6.45) is 3.30. The molecule has 0 spiro atoms. The highest BCUT2D eigenvalue weighted by molar-refractivity contribution is 7.58. The molecule has 2 fully saturated rings. The van der Waals surface area contributed by atoms with Crippen LogP contribution in [0.5, 0.6) is 0 Å². The van der Waals surface area contributed by atoms with Gasteiger partial charge >= 0.3 is 0 Å². The molecule has 2 unspecified atom stereocenters. The number of amides is 1. The van der Waals surface area contributed by atoms with E-state index in [-0.39, 0.29) is 11.8 Å². The normalized spacial score (nSPS) is 28.8. The number of nitrogens with one attached hydrogen (secondary N) is 1. The van der Waals surface area contributed by atoms with E-state index < -0.39 is 0 Å². The first kappa shape index (κ1) is 12.8. The fourth-order valence-electron chi connectivity index (χ4n) is 3.15. The van der Waals surface area contributed by atoms with E-state index in [4.69, 9.17) is 23.2 Å². The lowest BCUT2D eigenvalue weighted by Gasteiger charge is -2.15. The number of fused-ring (bicyclic) bond motifs is 2. The van der Waals surface area contributed by atoms with Gasteiger partial charge in [-0.2, -0.15) is 8.73 Å². The first-order valence-corrected chi connectivity index (χ1v) is 8.03. The van der Waals surface area contributed by atoms with E-state index in [1.807, 2.05) is 0 Å². The third-order valence-electron chi connectivity index (χ3n) is 4.31. The Kier molecular flexibility index (Phi) is 2.91. The Morgan fingerprint density at radius 2 is 1.85 bits per heavy atom. The van der Waals surface area contributed by atoms with Crippen LogP contribution >= 0.6 is 23.2 Å². The summed E-state index contributed by atoms with van der Waals surface area (Å²) in [5.41, 5.74) is 1.69. The number of anilines is 1. The molecule has 1 aromatic carbocycles. The highest BCUT2D eigenvalue weighted by atomic mass is 35.5. The molecule has 3 aliphatic rings. The molecular weight excluding hydrogens is 317 g/mol. The smallest absolute Gasteiger partial charge is 0.227 e. The van der Waals surface area contributed by atoms with Gasteiger partial charge in [-0.15, -0.1) is 0 Å². The average molecular weight is 328 g/mol. The Bertz CT molecular complexity index is 689. The van der Waals surface area contributed by atoms with Gasteiger partial charge in [0.1, 0.15) is 11.4 Å². The van der Waals surface area contributed by atoms with E-state index in [1.165, 1.54) is 6.42 Å². The van der Waals surface area contributed by atoms with Crippen molar-refractivity contribution in [3.05, 3.63) is 16.1 Å². The molecule has 7 heteroatoms. The van der Waals surface area contributed by atoms with Crippen LogP contribution in [0.3, 0.4) is 0 Å². The van der Waals surface area contributed by atoms with Crippen LogP contribution in [0.2, 0.25) is 10.0 Å². The van der Waals surface area contributed by atoms with Crippen molar-refractivity contribution in [3.8, 4) is 0 Å². The van der Waals surface area contributed by atoms with Crippen molar-refractivity contribution >= 4 is 57.5 Å². The van der Waals surface area contributed by atoms with Crippen LogP contribution < -0.4 is 5.32 Å². The summed E-state index contributed by atoms with van der Waals surface area (Å²) < 4.78 is 8.32. The standard InChI is InChI=1S/C13H11Cl2N3OS/c14-8-4-9(15)11-12(18-20-17-11)10(8)16-13(19)7-2-5-1-6(5)3-7/h4-7H,1-3H2,(H,16,19). The van der Waals surface area contributed by atoms with Crippen molar-refractivity contribution < 1.29 is 4.79 Å². The number of nitrogens with zero attached hydrogens (tertiary/aromatic N) is 2. The number of benzene rings is 1. The van der Waals surface area contributed by atoms with Crippen LogP contribution in [0.4, 0.5) is 17.1 Å². The van der Waals surface area contributed by atoms with E-state index in [0.29, 0.717) is 27.1 Å². The predicted octanol–water partition coefficient (Wildman–Crippen LogP) is 4.70. The van der Waals surface area contributed by atoms with Crippen molar-refractivity contribution in [2.45, 2.75) is 19.3 Å². The van der Waals surface area contributed by atoms with Crippen LogP contribution in [-0.2, 0) is 16.1 Å². The number of rotatable bonds is 2. The Hall–Kier alpha value is -0.910. The monoisotopic (exact) mass is 327 g/mol. The van der Waals surface area contributed by atoms with Gasteiger partial charge in [0.15, 0.2) is 0 Å². The number of carbonyl (C=O) groups is 1. The predicted molar refractivity (Wildman–Crippen MR) is 81.0 cm³/mol. The molecule has 4 nitrogen and oxygen atoms in total. The van der Waals surface area contributed by atoms with Crippen LogP contribution in [-0.4, -0.2) is 5.91 Å². The van der Waals surface area contributed by atoms with Gasteiger partial charge in [-0.25, -0.2) is 0 Å². The maximum absolute atomic E-state index is 12.3. The fraction of sp³-hybridized carbons (Fsp3) is 0.462. The van der Waals surface area contributed by atoms with Gasteiger partial charge in [0.25, 0.3) is 0 Å². The minimum atomic E-state index is 0.0377. The van der Waals surface area contributed by atoms with Crippen LogP contribution in [0.1, 0.15) is 19.3 Å². The molecule has 1 heterocycles. The number of carbonyl (C=O) groups excluding carboxylic acids is 1. The summed E-state index contributed by atoms with van der Waals surface area (Å²) in [6.45, 7) is 0. The van der Waals surface area contributed by atoms with E-state index in [1.54, 1.807) is 6.07 Å². The molecule has 2 saturated carbocycles. The zero-order valence-electron chi connectivity index (χ0n) is 10.4. The lowest BCUT2D eigenvalue weighted by atomic mass is 10.0. The van der Waals surface area contributed by atoms with E-state index in [2.05, 4.69) is 14.0 Å². The Morgan fingerprint density at radius 3 is 2.60 bits per heavy atom. The molecule has 1 aromatic rings. The van der Waals surface area contributed by atoms with Crippen LogP contribution in [0.25, 0.3) is 0 Å². The van der Waals surface area contributed by atoms with E-state index in [0.717, 1.165) is 36.0 Å². The summed E-state index contributed by atoms with van der Waals surface area (Å²) in [4.78, 5) is 12.3. The van der Waals surface area contributed by atoms with Gasteiger partial charge in [0.05, 0.1) is 27.1 Å². The molecule has 2 aliphatic carbocycles. The van der Waals surface area contributed by atoms with Crippen molar-refractivity contribution in [1.29, 1.82) is 0 Å². The number of hydrogen-bond acceptors (Lipinski definition) is 3. The van der Waals surface area contributed by atoms with E-state index >= 15 is 0 Å². The SMILES string of the molecule is O=C(Nc1c(Cl)cc(Cl)c2c1N=S=N2)C1CC2CC2C1. The Morgan fingerprint density at radius 1 is 1.15 bits per heavy atom. The molecule has 0 saturated heterocycles. The minimum Gasteiger partial charge on any atom is -0.323 e. The lowest BCUT2D eigenvalue weighted by molar-refractivity contribution is -0.120. The highest BCUT2D eigenvalue weighted by Gasteiger charge is 2.48. The molecule has 0 radical (unpaired) electrons. The fourth-order valence-corrected chi connectivity index (χ4v) is 4.31. The molecule has 104 valence electrons. The zero-order chi connectivity index (χ0) is 13.9. The Balaban J connectivity index is 1.61. The summed E-state index contributed by atoms with van der Waals surface area (Å²) in [5.74, 6) is 1.68. The molecule has 1 aliphatic heterocycles. The Labute approximate surface area is 129 Å². The van der Waals surface area contributed by atoms with E-state index in [9.17, 15) is 4.79 Å². The third kappa shape index (κ3) is 2.00. The summed E-state index contributed by atoms with van der Waals surface area (Å²) in [5, 5.41) is 3.79. The average Bonchev–Trinajstić information content (AvgIpc) is 2.87. The lowest BCUT2D eigenvalue weighted by Crippen LogP contribution is -2.21. The second kappa shape index (κ2) is 4.55. The molecule has 4 rings (SSSR count). The van der Waals surface area contributed by atoms with Crippen LogP contribution in [0, 0.1) is 17.8 Å². The van der Waals surface area contributed by atoms with Gasteiger partial charge < -0.3 is 5.32 Å². The summed E-state index contributed by atoms with van der Waals surface area (Å²) >= 11 is 13.3.